The molecule has 0 aliphatic carbocycles. The second-order valence-electron chi connectivity index (χ2n) is 4.62. The summed E-state index contributed by atoms with van der Waals surface area (Å²) < 4.78 is 6.78. The van der Waals surface area contributed by atoms with Gasteiger partial charge in [0.25, 0.3) is 0 Å². The lowest BCUT2D eigenvalue weighted by Gasteiger charge is -2.15. The van der Waals surface area contributed by atoms with E-state index in [4.69, 9.17) is 4.74 Å². The highest BCUT2D eigenvalue weighted by Crippen LogP contribution is 2.44. The Bertz CT molecular complexity index is 497. The van der Waals surface area contributed by atoms with E-state index in [-0.39, 0.29) is 12.2 Å². The molecule has 2 aromatic rings. The van der Waals surface area contributed by atoms with E-state index >= 15 is 0 Å². The van der Waals surface area contributed by atoms with Crippen LogP contribution >= 0.6 is 22.6 Å². The lowest BCUT2D eigenvalue weighted by Crippen LogP contribution is -2.05. The Morgan fingerprint density at radius 3 is 2.00 bits per heavy atom. The molecule has 0 amide bonds. The fourth-order valence-electron chi connectivity index (χ4n) is 2.46. The fraction of sp³-hybridized carbons (Fsp3) is 0.250. The van der Waals surface area contributed by atoms with Crippen LogP contribution in [0.25, 0.3) is 0 Å². The molecule has 1 aliphatic rings. The molecule has 1 aliphatic heterocycles. The van der Waals surface area contributed by atoms with Crippen LogP contribution in [0.5, 0.6) is 0 Å². The molecule has 0 saturated carbocycles. The topological polar surface area (TPSA) is 9.23 Å². The third kappa shape index (κ3) is 2.45. The van der Waals surface area contributed by atoms with Crippen LogP contribution in [0.1, 0.15) is 29.8 Å². The van der Waals surface area contributed by atoms with Gasteiger partial charge in [-0.25, -0.2) is 0 Å². The highest BCUT2D eigenvalue weighted by atomic mass is 127. The van der Waals surface area contributed by atoms with Crippen LogP contribution in [-0.4, -0.2) is 3.92 Å². The van der Waals surface area contributed by atoms with Crippen LogP contribution in [0.3, 0.4) is 0 Å². The zero-order chi connectivity index (χ0) is 12.4. The molecule has 0 aromatic heterocycles. The maximum absolute atomic E-state index is 6.24. The largest absolute Gasteiger partial charge is 0.364 e. The number of hydrogen-bond donors (Lipinski definition) is 0. The molecule has 2 heteroatoms. The summed E-state index contributed by atoms with van der Waals surface area (Å²) in [6.45, 7) is 0. The first kappa shape index (κ1) is 12.2. The average Bonchev–Trinajstić information content (AvgIpc) is 2.83. The van der Waals surface area contributed by atoms with Crippen molar-refractivity contribution in [1.29, 1.82) is 0 Å². The molecule has 0 unspecified atom stereocenters. The zero-order valence-corrected chi connectivity index (χ0v) is 12.2. The summed E-state index contributed by atoms with van der Waals surface area (Å²) in [5.74, 6) is 0. The van der Waals surface area contributed by atoms with E-state index in [0.717, 1.165) is 6.42 Å². The Balaban J connectivity index is 1.81. The van der Waals surface area contributed by atoms with Gasteiger partial charge in [-0.3, -0.25) is 0 Å². The molecule has 0 bridgehead atoms. The number of alkyl halides is 1. The lowest BCUT2D eigenvalue weighted by atomic mass is 10.0. The van der Waals surface area contributed by atoms with Gasteiger partial charge in [0.05, 0.1) is 12.2 Å². The monoisotopic (exact) mass is 350 g/mol. The molecule has 1 saturated heterocycles. The quantitative estimate of drug-likeness (QED) is 0.564. The molecule has 3 atom stereocenters. The Hall–Kier alpha value is -0.870. The summed E-state index contributed by atoms with van der Waals surface area (Å²) in [5.41, 5.74) is 2.58. The summed E-state index contributed by atoms with van der Waals surface area (Å²) in [4.78, 5) is 0. The maximum Gasteiger partial charge on any atom is 0.0951 e. The summed E-state index contributed by atoms with van der Waals surface area (Å²) in [6, 6.07) is 21.0. The third-order valence-electron chi connectivity index (χ3n) is 3.38. The third-order valence-corrected chi connectivity index (χ3v) is 4.54. The van der Waals surface area contributed by atoms with Crippen molar-refractivity contribution in [2.75, 3.05) is 0 Å². The van der Waals surface area contributed by atoms with Crippen LogP contribution in [0.15, 0.2) is 60.7 Å². The molecule has 1 nitrogen and oxygen atoms in total. The predicted octanol–water partition coefficient (Wildman–Crippen LogP) is 4.69. The van der Waals surface area contributed by atoms with E-state index in [9.17, 15) is 0 Å². The maximum atomic E-state index is 6.24. The van der Waals surface area contributed by atoms with Gasteiger partial charge in [-0.2, -0.15) is 0 Å². The Kier molecular flexibility index (Phi) is 3.66. The van der Waals surface area contributed by atoms with Crippen molar-refractivity contribution in [3.05, 3.63) is 71.8 Å². The predicted molar refractivity (Wildman–Crippen MR) is 81.9 cm³/mol. The van der Waals surface area contributed by atoms with Gasteiger partial charge in [0.1, 0.15) is 0 Å². The number of halogens is 1. The van der Waals surface area contributed by atoms with E-state index in [1.54, 1.807) is 0 Å². The minimum absolute atomic E-state index is 0.219. The highest BCUT2D eigenvalue weighted by Gasteiger charge is 2.34. The standard InChI is InChI=1S/C16H15IO/c17-14-11-15(12-7-3-1-4-8-12)18-16(14)13-9-5-2-6-10-13/h1-10,14-16H,11H2/t14-,15+,16+/m0/s1. The van der Waals surface area contributed by atoms with E-state index in [1.807, 2.05) is 0 Å². The first-order chi connectivity index (χ1) is 8.84. The molecule has 0 spiro atoms. The van der Waals surface area contributed by atoms with Crippen molar-refractivity contribution < 1.29 is 4.74 Å². The minimum Gasteiger partial charge on any atom is -0.364 e. The van der Waals surface area contributed by atoms with Gasteiger partial charge in [-0.15, -0.1) is 0 Å². The number of hydrogen-bond acceptors (Lipinski definition) is 1. The van der Waals surface area contributed by atoms with Crippen LogP contribution in [-0.2, 0) is 4.74 Å². The van der Waals surface area contributed by atoms with Crippen LogP contribution in [0.4, 0.5) is 0 Å². The Labute approximate surface area is 121 Å². The SMILES string of the molecule is I[C@H]1C[C@H](c2ccccc2)O[C@@H]1c1ccccc1. The number of rotatable bonds is 2. The number of benzene rings is 2. The molecule has 0 radical (unpaired) electrons. The minimum atomic E-state index is 0.219. The van der Waals surface area contributed by atoms with Crippen LogP contribution in [0.2, 0.25) is 0 Å². The first-order valence-corrected chi connectivity index (χ1v) is 7.48. The molecule has 92 valence electrons. The normalized spacial score (nSPS) is 27.3. The lowest BCUT2D eigenvalue weighted by molar-refractivity contribution is 0.0460. The van der Waals surface area contributed by atoms with Crippen molar-refractivity contribution in [3.63, 3.8) is 0 Å². The van der Waals surface area contributed by atoms with Gasteiger partial charge in [0.2, 0.25) is 0 Å². The average molecular weight is 350 g/mol. The molecule has 1 fully saturated rings. The molecule has 0 N–H and O–H groups in total. The van der Waals surface area contributed by atoms with Crippen molar-refractivity contribution in [1.82, 2.24) is 0 Å². The highest BCUT2D eigenvalue weighted by molar-refractivity contribution is 14.1. The first-order valence-electron chi connectivity index (χ1n) is 6.24. The number of ether oxygens (including phenoxy) is 1. The Morgan fingerprint density at radius 1 is 0.833 bits per heavy atom. The second kappa shape index (κ2) is 5.41. The Morgan fingerprint density at radius 2 is 1.39 bits per heavy atom. The molecule has 18 heavy (non-hydrogen) atoms. The van der Waals surface area contributed by atoms with Crippen LogP contribution in [0, 0.1) is 0 Å². The molecule has 1 heterocycles. The summed E-state index contributed by atoms with van der Waals surface area (Å²) in [5, 5.41) is 0. The molecular weight excluding hydrogens is 335 g/mol. The van der Waals surface area contributed by atoms with E-state index < -0.39 is 0 Å². The van der Waals surface area contributed by atoms with Gasteiger partial charge in [-0.05, 0) is 17.5 Å². The molecular formula is C16H15IO. The van der Waals surface area contributed by atoms with Gasteiger partial charge in [-0.1, -0.05) is 83.3 Å². The van der Waals surface area contributed by atoms with Gasteiger partial charge < -0.3 is 4.74 Å². The zero-order valence-electron chi connectivity index (χ0n) is 10.00. The van der Waals surface area contributed by atoms with Crippen molar-refractivity contribution in [3.8, 4) is 0 Å². The van der Waals surface area contributed by atoms with E-state index in [1.165, 1.54) is 11.1 Å². The van der Waals surface area contributed by atoms with Crippen molar-refractivity contribution in [2.24, 2.45) is 0 Å². The van der Waals surface area contributed by atoms with Crippen molar-refractivity contribution in [2.45, 2.75) is 22.6 Å². The van der Waals surface area contributed by atoms with Crippen LogP contribution < -0.4 is 0 Å². The summed E-state index contributed by atoms with van der Waals surface area (Å²) in [6.07, 6.45) is 1.54. The van der Waals surface area contributed by atoms with E-state index in [0.29, 0.717) is 3.92 Å². The fourth-order valence-corrected chi connectivity index (χ4v) is 3.50. The molecule has 3 rings (SSSR count). The smallest absolute Gasteiger partial charge is 0.0951 e. The summed E-state index contributed by atoms with van der Waals surface area (Å²) >= 11 is 2.51. The molecule has 2 aromatic carbocycles. The van der Waals surface area contributed by atoms with Gasteiger partial charge >= 0.3 is 0 Å². The van der Waals surface area contributed by atoms with E-state index in [2.05, 4.69) is 83.3 Å². The van der Waals surface area contributed by atoms with Gasteiger partial charge in [0.15, 0.2) is 0 Å². The summed E-state index contributed by atoms with van der Waals surface area (Å²) in [7, 11) is 0. The second-order valence-corrected chi connectivity index (χ2v) is 6.22. The van der Waals surface area contributed by atoms with Crippen molar-refractivity contribution >= 4 is 22.6 Å². The van der Waals surface area contributed by atoms with Gasteiger partial charge in [0, 0.05) is 3.92 Å².